The summed E-state index contributed by atoms with van der Waals surface area (Å²) in [5.41, 5.74) is 2.63. The molecule has 0 saturated heterocycles. The van der Waals surface area contributed by atoms with Crippen molar-refractivity contribution in [3.05, 3.63) is 28.2 Å². The monoisotopic (exact) mass is 229 g/mol. The van der Waals surface area contributed by atoms with Crippen LogP contribution in [-0.2, 0) is 0 Å². The van der Waals surface area contributed by atoms with E-state index in [9.17, 15) is 9.90 Å². The molecule has 5 heteroatoms. The molecule has 0 aliphatic rings. The number of carbonyl (C=O) groups is 1. The Kier molecular flexibility index (Phi) is 2.67. The third-order valence-electron chi connectivity index (χ3n) is 1.36. The van der Waals surface area contributed by atoms with Crippen LogP contribution in [0, 0.1) is 0 Å². The van der Waals surface area contributed by atoms with Crippen molar-refractivity contribution in [2.75, 3.05) is 5.43 Å². The number of carbonyl (C=O) groups excluding carboxylic acids is 1. The zero-order valence-electron chi connectivity index (χ0n) is 6.00. The van der Waals surface area contributed by atoms with Gasteiger partial charge in [-0.05, 0) is 18.2 Å². The second-order valence-electron chi connectivity index (χ2n) is 2.12. The Morgan fingerprint density at radius 2 is 2.25 bits per heavy atom. The number of aromatic carboxylic acids is 1. The van der Waals surface area contributed by atoms with Gasteiger partial charge in [0.2, 0.25) is 0 Å². The van der Waals surface area contributed by atoms with Crippen LogP contribution in [0.3, 0.4) is 0 Å². The Labute approximate surface area is 77.5 Å². The van der Waals surface area contributed by atoms with Gasteiger partial charge < -0.3 is 15.3 Å². The van der Waals surface area contributed by atoms with Crippen LogP contribution in [0.2, 0.25) is 0 Å². The fourth-order valence-corrected chi connectivity index (χ4v) is 1.17. The van der Waals surface area contributed by atoms with E-state index in [0.29, 0.717) is 10.2 Å². The minimum absolute atomic E-state index is 0.0341. The molecule has 0 saturated carbocycles. The molecule has 0 spiro atoms. The number of carboxylic acid groups (broad SMARTS) is 1. The summed E-state index contributed by atoms with van der Waals surface area (Å²) < 4.78 is 0.667. The van der Waals surface area contributed by atoms with E-state index in [1.807, 2.05) is 0 Å². The first-order valence-corrected chi connectivity index (χ1v) is 3.92. The van der Waals surface area contributed by atoms with Crippen molar-refractivity contribution < 1.29 is 9.90 Å². The van der Waals surface area contributed by atoms with Gasteiger partial charge in [-0.2, -0.15) is 0 Å². The number of nitrogens with one attached hydrogen (secondary N) is 1. The van der Waals surface area contributed by atoms with E-state index in [4.69, 9.17) is 5.84 Å². The highest BCUT2D eigenvalue weighted by atomic mass is 79.9. The number of nitrogens with two attached hydrogens (primary N) is 1. The maximum absolute atomic E-state index is 10.5. The lowest BCUT2D eigenvalue weighted by Crippen LogP contribution is -2.24. The van der Waals surface area contributed by atoms with Crippen LogP contribution in [0.15, 0.2) is 22.7 Å². The predicted octanol–water partition coefficient (Wildman–Crippen LogP) is 0.0982. The molecule has 4 nitrogen and oxygen atoms in total. The second kappa shape index (κ2) is 3.55. The van der Waals surface area contributed by atoms with E-state index in [0.717, 1.165) is 0 Å². The standard InChI is InChI=1S/C7H7BrN2O2/c8-4-1-2-6(10-9)5(3-4)7(11)12/h1-3,10H,9H2,(H,11,12)/p-1. The molecule has 0 radical (unpaired) electrons. The van der Waals surface area contributed by atoms with Crippen LogP contribution in [0.5, 0.6) is 0 Å². The number of nitrogen functional groups attached to an aromatic ring is 1. The van der Waals surface area contributed by atoms with Crippen molar-refractivity contribution in [2.45, 2.75) is 0 Å². The molecule has 1 rings (SSSR count). The number of hydrogen-bond acceptors (Lipinski definition) is 4. The van der Waals surface area contributed by atoms with Crippen LogP contribution in [0.25, 0.3) is 0 Å². The summed E-state index contributed by atoms with van der Waals surface area (Å²) >= 11 is 3.13. The lowest BCUT2D eigenvalue weighted by Gasteiger charge is -2.09. The SMILES string of the molecule is NNc1ccc(Br)cc1C(=O)[O-]. The first-order valence-electron chi connectivity index (χ1n) is 3.12. The molecule has 3 N–H and O–H groups in total. The molecule has 64 valence electrons. The van der Waals surface area contributed by atoms with Gasteiger partial charge in [0.05, 0.1) is 11.7 Å². The van der Waals surface area contributed by atoms with Crippen LogP contribution < -0.4 is 16.4 Å². The van der Waals surface area contributed by atoms with Crippen LogP contribution >= 0.6 is 15.9 Å². The molecule has 0 heterocycles. The highest BCUT2D eigenvalue weighted by Gasteiger charge is 2.01. The minimum atomic E-state index is -1.26. The normalized spacial score (nSPS) is 9.50. The topological polar surface area (TPSA) is 78.2 Å². The maximum atomic E-state index is 10.5. The van der Waals surface area contributed by atoms with E-state index >= 15 is 0 Å². The molecule has 0 aliphatic heterocycles. The van der Waals surface area contributed by atoms with Gasteiger partial charge in [-0.25, -0.2) is 0 Å². The zero-order chi connectivity index (χ0) is 9.14. The van der Waals surface area contributed by atoms with E-state index in [1.54, 1.807) is 12.1 Å². The fourth-order valence-electron chi connectivity index (χ4n) is 0.811. The molecular weight excluding hydrogens is 224 g/mol. The van der Waals surface area contributed by atoms with Gasteiger partial charge in [-0.1, -0.05) is 15.9 Å². The number of halogens is 1. The quantitative estimate of drug-likeness (QED) is 0.557. The number of benzene rings is 1. The first kappa shape index (κ1) is 9.02. The summed E-state index contributed by atoms with van der Waals surface area (Å²) in [6, 6.07) is 4.65. The smallest absolute Gasteiger partial charge is 0.0736 e. The van der Waals surface area contributed by atoms with Gasteiger partial charge in [0.25, 0.3) is 0 Å². The maximum Gasteiger partial charge on any atom is 0.0736 e. The van der Waals surface area contributed by atoms with Gasteiger partial charge in [0.15, 0.2) is 0 Å². The lowest BCUT2D eigenvalue weighted by molar-refractivity contribution is -0.254. The van der Waals surface area contributed by atoms with Crippen molar-refractivity contribution in [1.29, 1.82) is 0 Å². The van der Waals surface area contributed by atoms with Crippen molar-refractivity contribution in [3.63, 3.8) is 0 Å². The minimum Gasteiger partial charge on any atom is -0.545 e. The molecular formula is C7H6BrN2O2-. The molecule has 0 unspecified atom stereocenters. The highest BCUT2D eigenvalue weighted by Crippen LogP contribution is 2.19. The van der Waals surface area contributed by atoms with Crippen molar-refractivity contribution in [2.24, 2.45) is 5.84 Å². The summed E-state index contributed by atoms with van der Waals surface area (Å²) in [5, 5.41) is 10.5. The van der Waals surface area contributed by atoms with Crippen molar-refractivity contribution >= 4 is 27.6 Å². The Morgan fingerprint density at radius 1 is 1.58 bits per heavy atom. The van der Waals surface area contributed by atoms with E-state index in [2.05, 4.69) is 21.4 Å². The van der Waals surface area contributed by atoms with Crippen LogP contribution in [0.4, 0.5) is 5.69 Å². The largest absolute Gasteiger partial charge is 0.545 e. The molecule has 0 aromatic heterocycles. The summed E-state index contributed by atoms with van der Waals surface area (Å²) in [4.78, 5) is 10.5. The number of hydrazine groups is 1. The first-order chi connectivity index (χ1) is 5.65. The Balaban J connectivity index is 3.21. The Hall–Kier alpha value is -1.07. The zero-order valence-corrected chi connectivity index (χ0v) is 7.59. The van der Waals surface area contributed by atoms with Gasteiger partial charge >= 0.3 is 0 Å². The predicted molar refractivity (Wildman–Crippen MR) is 46.3 cm³/mol. The van der Waals surface area contributed by atoms with E-state index in [-0.39, 0.29) is 5.56 Å². The molecule has 0 atom stereocenters. The van der Waals surface area contributed by atoms with Crippen molar-refractivity contribution in [1.82, 2.24) is 0 Å². The molecule has 0 amide bonds. The third-order valence-corrected chi connectivity index (χ3v) is 1.85. The summed E-state index contributed by atoms with van der Waals surface area (Å²) in [6.45, 7) is 0. The summed E-state index contributed by atoms with van der Waals surface area (Å²) in [5.74, 6) is 3.82. The van der Waals surface area contributed by atoms with Crippen molar-refractivity contribution in [3.8, 4) is 0 Å². The molecule has 1 aromatic carbocycles. The van der Waals surface area contributed by atoms with E-state index in [1.165, 1.54) is 6.07 Å². The summed E-state index contributed by atoms with van der Waals surface area (Å²) in [7, 11) is 0. The highest BCUT2D eigenvalue weighted by molar-refractivity contribution is 9.10. The van der Waals surface area contributed by atoms with Crippen LogP contribution in [-0.4, -0.2) is 5.97 Å². The van der Waals surface area contributed by atoms with Gasteiger partial charge in [-0.15, -0.1) is 0 Å². The number of carboxylic acids is 1. The molecule has 0 fully saturated rings. The van der Waals surface area contributed by atoms with Gasteiger partial charge in [-0.3, -0.25) is 5.84 Å². The molecule has 1 aromatic rings. The van der Waals surface area contributed by atoms with Gasteiger partial charge in [0.1, 0.15) is 0 Å². The molecule has 12 heavy (non-hydrogen) atoms. The number of hydrogen-bond donors (Lipinski definition) is 2. The molecule has 0 bridgehead atoms. The number of rotatable bonds is 2. The lowest BCUT2D eigenvalue weighted by atomic mass is 10.2. The average molecular weight is 230 g/mol. The molecule has 0 aliphatic carbocycles. The third kappa shape index (κ3) is 1.75. The van der Waals surface area contributed by atoms with Crippen LogP contribution in [0.1, 0.15) is 10.4 Å². The summed E-state index contributed by atoms with van der Waals surface area (Å²) in [6.07, 6.45) is 0. The second-order valence-corrected chi connectivity index (χ2v) is 3.04. The van der Waals surface area contributed by atoms with Gasteiger partial charge in [0, 0.05) is 10.0 Å². The van der Waals surface area contributed by atoms with E-state index < -0.39 is 5.97 Å². The Bertz CT molecular complexity index is 314. The Morgan fingerprint density at radius 3 is 2.75 bits per heavy atom. The number of anilines is 1. The average Bonchev–Trinajstić information content (AvgIpc) is 2.04. The fraction of sp³-hybridized carbons (Fsp3) is 0.